The Bertz CT molecular complexity index is 1260. The van der Waals surface area contributed by atoms with Gasteiger partial charge in [0.1, 0.15) is 6.61 Å². The van der Waals surface area contributed by atoms with E-state index in [1.54, 1.807) is 12.1 Å². The summed E-state index contributed by atoms with van der Waals surface area (Å²) in [5.74, 6) is -0.497. The van der Waals surface area contributed by atoms with Gasteiger partial charge in [0.2, 0.25) is 0 Å². The molecule has 0 saturated heterocycles. The molecule has 0 spiro atoms. The lowest BCUT2D eigenvalue weighted by molar-refractivity contribution is -0.141. The number of benzene rings is 3. The highest BCUT2D eigenvalue weighted by Gasteiger charge is 2.19. The molecule has 1 atom stereocenters. The zero-order valence-corrected chi connectivity index (χ0v) is 18.6. The Morgan fingerprint density at radius 3 is 2.41 bits per heavy atom. The van der Waals surface area contributed by atoms with Crippen LogP contribution in [0.15, 0.2) is 79.0 Å². The number of fused-ring (bicyclic) bond motifs is 1. The molecule has 0 aliphatic carbocycles. The predicted octanol–water partition coefficient (Wildman–Crippen LogP) is 6.34. The van der Waals surface area contributed by atoms with Crippen LogP contribution in [0.3, 0.4) is 0 Å². The molecule has 0 bridgehead atoms. The minimum Gasteiger partial charge on any atom is -0.464 e. The van der Waals surface area contributed by atoms with Gasteiger partial charge >= 0.3 is 5.97 Å². The van der Waals surface area contributed by atoms with Gasteiger partial charge in [0.15, 0.2) is 0 Å². The second-order valence-electron chi connectivity index (χ2n) is 7.63. The Balaban J connectivity index is 1.83. The molecule has 1 aromatic heterocycles. The molecule has 1 unspecified atom stereocenters. The molecular weight excluding hydrogens is 424 g/mol. The summed E-state index contributed by atoms with van der Waals surface area (Å²) in [6.45, 7) is 3.64. The predicted molar refractivity (Wildman–Crippen MR) is 128 cm³/mol. The fraction of sp³-hybridized carbons (Fsp3) is 0.154. The van der Waals surface area contributed by atoms with Crippen molar-refractivity contribution in [2.24, 2.45) is 0 Å². The molecular formula is C26H23ClN2O3. The number of carbonyl (C=O) groups is 2. The third kappa shape index (κ3) is 4.53. The number of carbonyl (C=O) groups excluding carboxylic acids is 2. The molecule has 4 aromatic rings. The van der Waals surface area contributed by atoms with Gasteiger partial charge in [-0.25, -0.2) is 0 Å². The number of amides is 1. The summed E-state index contributed by atoms with van der Waals surface area (Å²) < 4.78 is 7.31. The van der Waals surface area contributed by atoms with E-state index in [0.29, 0.717) is 16.3 Å². The fourth-order valence-electron chi connectivity index (χ4n) is 3.73. The van der Waals surface area contributed by atoms with E-state index < -0.39 is 0 Å². The molecule has 32 heavy (non-hydrogen) atoms. The number of ether oxygens (including phenoxy) is 1. The number of nitrogens with one attached hydrogen (secondary N) is 1. The first-order valence-electron chi connectivity index (χ1n) is 10.3. The van der Waals surface area contributed by atoms with Gasteiger partial charge in [-0.3, -0.25) is 9.59 Å². The molecule has 1 amide bonds. The van der Waals surface area contributed by atoms with Crippen molar-refractivity contribution < 1.29 is 14.3 Å². The van der Waals surface area contributed by atoms with E-state index in [4.69, 9.17) is 16.3 Å². The SMILES string of the molecule is CC(=O)OCC(C)n1cc(-c2ccc(Cl)cc2)c2c(NC(=O)c3ccccc3)cccc21. The minimum atomic E-state index is -0.318. The molecule has 3 aromatic carbocycles. The van der Waals surface area contributed by atoms with Crippen molar-refractivity contribution in [1.29, 1.82) is 0 Å². The van der Waals surface area contributed by atoms with Crippen LogP contribution in [0.4, 0.5) is 5.69 Å². The lowest BCUT2D eigenvalue weighted by Crippen LogP contribution is -2.14. The second-order valence-corrected chi connectivity index (χ2v) is 8.06. The molecule has 162 valence electrons. The molecule has 1 N–H and O–H groups in total. The van der Waals surface area contributed by atoms with Gasteiger partial charge in [0.25, 0.3) is 5.91 Å². The van der Waals surface area contributed by atoms with Crippen LogP contribution in [0.25, 0.3) is 22.0 Å². The van der Waals surface area contributed by atoms with Crippen LogP contribution >= 0.6 is 11.6 Å². The van der Waals surface area contributed by atoms with Crippen LogP contribution in [-0.4, -0.2) is 23.1 Å². The normalized spacial score (nSPS) is 11.8. The summed E-state index contributed by atoms with van der Waals surface area (Å²) >= 11 is 6.10. The van der Waals surface area contributed by atoms with Crippen LogP contribution in [0.2, 0.25) is 5.02 Å². The highest BCUT2D eigenvalue weighted by molar-refractivity contribution is 6.30. The van der Waals surface area contributed by atoms with E-state index in [1.165, 1.54) is 6.92 Å². The van der Waals surface area contributed by atoms with Gasteiger partial charge in [-0.2, -0.15) is 0 Å². The third-order valence-electron chi connectivity index (χ3n) is 5.30. The van der Waals surface area contributed by atoms with Gasteiger partial charge in [0.05, 0.1) is 17.2 Å². The Morgan fingerprint density at radius 2 is 1.72 bits per heavy atom. The maximum absolute atomic E-state index is 12.9. The van der Waals surface area contributed by atoms with Gasteiger partial charge in [-0.05, 0) is 48.9 Å². The highest BCUT2D eigenvalue weighted by atomic mass is 35.5. The van der Waals surface area contributed by atoms with E-state index in [-0.39, 0.29) is 24.5 Å². The summed E-state index contributed by atoms with van der Waals surface area (Å²) in [5.41, 5.74) is 4.15. The molecule has 6 heteroatoms. The van der Waals surface area contributed by atoms with E-state index in [2.05, 4.69) is 9.88 Å². The quantitative estimate of drug-likeness (QED) is 0.351. The van der Waals surface area contributed by atoms with Crippen LogP contribution in [-0.2, 0) is 9.53 Å². The highest BCUT2D eigenvalue weighted by Crippen LogP contribution is 2.38. The first-order valence-corrected chi connectivity index (χ1v) is 10.7. The summed E-state index contributed by atoms with van der Waals surface area (Å²) in [4.78, 5) is 24.2. The number of nitrogens with zero attached hydrogens (tertiary/aromatic N) is 1. The number of esters is 1. The Hall–Kier alpha value is -3.57. The monoisotopic (exact) mass is 446 g/mol. The average Bonchev–Trinajstić information content (AvgIpc) is 3.19. The summed E-state index contributed by atoms with van der Waals surface area (Å²) in [7, 11) is 0. The van der Waals surface area contributed by atoms with E-state index in [0.717, 1.165) is 22.0 Å². The van der Waals surface area contributed by atoms with Crippen molar-refractivity contribution in [3.8, 4) is 11.1 Å². The van der Waals surface area contributed by atoms with E-state index in [9.17, 15) is 9.59 Å². The van der Waals surface area contributed by atoms with Crippen LogP contribution in [0.1, 0.15) is 30.2 Å². The van der Waals surface area contributed by atoms with Crippen molar-refractivity contribution in [3.05, 3.63) is 89.6 Å². The molecule has 0 aliphatic rings. The first-order chi connectivity index (χ1) is 15.4. The number of rotatable bonds is 6. The summed E-state index contributed by atoms with van der Waals surface area (Å²) in [6.07, 6.45) is 2.03. The minimum absolute atomic E-state index is 0.0949. The fourth-order valence-corrected chi connectivity index (χ4v) is 3.86. The van der Waals surface area contributed by atoms with Crippen LogP contribution < -0.4 is 5.32 Å². The van der Waals surface area contributed by atoms with Crippen molar-refractivity contribution >= 4 is 40.1 Å². The topological polar surface area (TPSA) is 60.3 Å². The largest absolute Gasteiger partial charge is 0.464 e. The number of hydrogen-bond acceptors (Lipinski definition) is 3. The standard InChI is InChI=1S/C26H23ClN2O3/c1-17(16-32-18(2)30)29-15-22(19-11-13-21(27)14-12-19)25-23(9-6-10-24(25)29)28-26(31)20-7-4-3-5-8-20/h3-15,17H,16H2,1-2H3,(H,28,31). The Morgan fingerprint density at radius 1 is 1.00 bits per heavy atom. The lowest BCUT2D eigenvalue weighted by Gasteiger charge is -2.15. The molecule has 0 fully saturated rings. The zero-order chi connectivity index (χ0) is 22.7. The number of hydrogen-bond donors (Lipinski definition) is 1. The second kappa shape index (κ2) is 9.28. The average molecular weight is 447 g/mol. The van der Waals surface area contributed by atoms with Crippen molar-refractivity contribution in [2.45, 2.75) is 19.9 Å². The van der Waals surface area contributed by atoms with Crippen molar-refractivity contribution in [1.82, 2.24) is 4.57 Å². The van der Waals surface area contributed by atoms with Crippen LogP contribution in [0.5, 0.6) is 0 Å². The molecule has 1 heterocycles. The molecule has 0 saturated carbocycles. The first kappa shape index (κ1) is 21.7. The van der Waals surface area contributed by atoms with Crippen molar-refractivity contribution in [2.75, 3.05) is 11.9 Å². The summed E-state index contributed by atoms with van der Waals surface area (Å²) in [5, 5.41) is 4.62. The lowest BCUT2D eigenvalue weighted by atomic mass is 10.0. The van der Waals surface area contributed by atoms with Gasteiger partial charge in [0, 0.05) is 34.7 Å². The van der Waals surface area contributed by atoms with Crippen LogP contribution in [0, 0.1) is 0 Å². The smallest absolute Gasteiger partial charge is 0.302 e. The number of aromatic nitrogens is 1. The Kier molecular flexibility index (Phi) is 6.28. The van der Waals surface area contributed by atoms with Gasteiger partial charge in [-0.15, -0.1) is 0 Å². The molecule has 4 rings (SSSR count). The molecule has 0 radical (unpaired) electrons. The molecule has 0 aliphatic heterocycles. The van der Waals surface area contributed by atoms with Gasteiger partial charge in [-0.1, -0.05) is 48.0 Å². The summed E-state index contributed by atoms with van der Waals surface area (Å²) in [6, 6.07) is 22.4. The van der Waals surface area contributed by atoms with Gasteiger partial charge < -0.3 is 14.6 Å². The zero-order valence-electron chi connectivity index (χ0n) is 17.8. The number of anilines is 1. The Labute approximate surface area is 191 Å². The van der Waals surface area contributed by atoms with E-state index >= 15 is 0 Å². The van der Waals surface area contributed by atoms with Crippen molar-refractivity contribution in [3.63, 3.8) is 0 Å². The maximum Gasteiger partial charge on any atom is 0.302 e. The maximum atomic E-state index is 12.9. The van der Waals surface area contributed by atoms with E-state index in [1.807, 2.05) is 73.8 Å². The molecule has 5 nitrogen and oxygen atoms in total. The third-order valence-corrected chi connectivity index (χ3v) is 5.55. The number of halogens is 1.